The monoisotopic (exact) mass is 337 g/mol. The van der Waals surface area contributed by atoms with E-state index in [0.717, 1.165) is 22.1 Å². The number of aryl methyl sites for hydroxylation is 3. The number of hydrogen-bond donors (Lipinski definition) is 1. The molecule has 1 aromatic heterocycles. The van der Waals surface area contributed by atoms with Crippen molar-refractivity contribution in [1.29, 1.82) is 0 Å². The Hall–Kier alpha value is -3.08. The average Bonchev–Trinajstić information content (AvgIpc) is 2.55. The number of carbonyl (C=O) groups excluding carboxylic acids is 1. The quantitative estimate of drug-likeness (QED) is 0.737. The molecule has 0 fully saturated rings. The minimum atomic E-state index is -0.382. The fourth-order valence-electron chi connectivity index (χ4n) is 2.65. The van der Waals surface area contributed by atoms with E-state index >= 15 is 0 Å². The van der Waals surface area contributed by atoms with Gasteiger partial charge in [0.15, 0.2) is 6.61 Å². The predicted molar refractivity (Wildman–Crippen MR) is 97.3 cm³/mol. The molecule has 25 heavy (non-hydrogen) atoms. The Balaban J connectivity index is 1.78. The van der Waals surface area contributed by atoms with Crippen molar-refractivity contribution >= 4 is 22.6 Å². The molecule has 3 aromatic rings. The van der Waals surface area contributed by atoms with Crippen LogP contribution in [-0.4, -0.2) is 12.5 Å². The molecule has 1 N–H and O–H groups in total. The van der Waals surface area contributed by atoms with Crippen LogP contribution in [-0.2, 0) is 4.79 Å². The van der Waals surface area contributed by atoms with Crippen LogP contribution in [0, 0.1) is 20.8 Å². The van der Waals surface area contributed by atoms with Crippen LogP contribution in [0.5, 0.6) is 5.75 Å². The number of amides is 1. The Bertz CT molecular complexity index is 1000. The van der Waals surface area contributed by atoms with Gasteiger partial charge in [-0.1, -0.05) is 18.2 Å². The van der Waals surface area contributed by atoms with Crippen molar-refractivity contribution in [1.82, 2.24) is 0 Å². The van der Waals surface area contributed by atoms with Crippen molar-refractivity contribution in [2.75, 3.05) is 11.9 Å². The number of benzene rings is 2. The van der Waals surface area contributed by atoms with Gasteiger partial charge in [0.1, 0.15) is 11.3 Å². The molecule has 0 unspecified atom stereocenters. The van der Waals surface area contributed by atoms with Gasteiger partial charge in [-0.2, -0.15) is 0 Å². The van der Waals surface area contributed by atoms with Crippen molar-refractivity contribution < 1.29 is 13.9 Å². The summed E-state index contributed by atoms with van der Waals surface area (Å²) >= 11 is 0. The van der Waals surface area contributed by atoms with Gasteiger partial charge in [0, 0.05) is 17.1 Å². The van der Waals surface area contributed by atoms with Crippen molar-refractivity contribution in [2.24, 2.45) is 0 Å². The Morgan fingerprint density at radius 3 is 2.56 bits per heavy atom. The lowest BCUT2D eigenvalue weighted by atomic mass is 10.1. The van der Waals surface area contributed by atoms with Crippen LogP contribution in [0.2, 0.25) is 0 Å². The second-order valence-electron chi connectivity index (χ2n) is 6.01. The van der Waals surface area contributed by atoms with Crippen molar-refractivity contribution in [3.8, 4) is 5.75 Å². The third-order valence-corrected chi connectivity index (χ3v) is 4.02. The normalized spacial score (nSPS) is 10.7. The maximum absolute atomic E-state index is 12.2. The zero-order valence-corrected chi connectivity index (χ0v) is 14.4. The summed E-state index contributed by atoms with van der Waals surface area (Å²) < 4.78 is 10.8. The molecular formula is C20H19NO4. The molecule has 1 heterocycles. The van der Waals surface area contributed by atoms with Gasteiger partial charge in [-0.15, -0.1) is 0 Å². The van der Waals surface area contributed by atoms with Gasteiger partial charge in [-0.3, -0.25) is 4.79 Å². The summed E-state index contributed by atoms with van der Waals surface area (Å²) in [6.07, 6.45) is 0. The molecule has 0 aliphatic carbocycles. The second-order valence-corrected chi connectivity index (χ2v) is 6.01. The number of nitrogens with one attached hydrogen (secondary N) is 1. The Morgan fingerprint density at radius 1 is 1.04 bits per heavy atom. The molecule has 5 heteroatoms. The largest absolute Gasteiger partial charge is 0.483 e. The molecule has 0 saturated carbocycles. The third-order valence-electron chi connectivity index (χ3n) is 4.02. The number of fused-ring (bicyclic) bond motifs is 1. The van der Waals surface area contributed by atoms with Crippen LogP contribution < -0.4 is 15.7 Å². The average molecular weight is 337 g/mol. The first kappa shape index (κ1) is 16.8. The highest BCUT2D eigenvalue weighted by Gasteiger charge is 2.10. The van der Waals surface area contributed by atoms with Crippen molar-refractivity contribution in [3.63, 3.8) is 0 Å². The predicted octanol–water partition coefficient (Wildman–Crippen LogP) is 3.74. The van der Waals surface area contributed by atoms with E-state index in [-0.39, 0.29) is 18.1 Å². The van der Waals surface area contributed by atoms with E-state index in [9.17, 15) is 9.59 Å². The van der Waals surface area contributed by atoms with Gasteiger partial charge in [0.25, 0.3) is 5.91 Å². The zero-order chi connectivity index (χ0) is 18.0. The lowest BCUT2D eigenvalue weighted by Crippen LogP contribution is -2.21. The summed E-state index contributed by atoms with van der Waals surface area (Å²) in [4.78, 5) is 23.7. The molecule has 128 valence electrons. The molecule has 0 radical (unpaired) electrons. The van der Waals surface area contributed by atoms with E-state index in [1.165, 1.54) is 6.07 Å². The van der Waals surface area contributed by atoms with Gasteiger partial charge in [-0.25, -0.2) is 4.79 Å². The Morgan fingerprint density at radius 2 is 1.80 bits per heavy atom. The van der Waals surface area contributed by atoms with Crippen LogP contribution in [0.3, 0.4) is 0 Å². The van der Waals surface area contributed by atoms with Crippen LogP contribution in [0.15, 0.2) is 51.7 Å². The molecule has 0 bridgehead atoms. The molecule has 0 atom stereocenters. The molecule has 1 amide bonds. The van der Waals surface area contributed by atoms with Gasteiger partial charge < -0.3 is 14.5 Å². The summed E-state index contributed by atoms with van der Waals surface area (Å²) in [6, 6.07) is 12.5. The first-order valence-corrected chi connectivity index (χ1v) is 7.97. The lowest BCUT2D eigenvalue weighted by Gasteiger charge is -2.12. The summed E-state index contributed by atoms with van der Waals surface area (Å²) in [5.74, 6) is 0.436. The van der Waals surface area contributed by atoms with Gasteiger partial charge in [-0.05, 0) is 55.7 Å². The topological polar surface area (TPSA) is 68.5 Å². The minimum Gasteiger partial charge on any atom is -0.483 e. The molecule has 0 saturated heterocycles. The highest BCUT2D eigenvalue weighted by atomic mass is 16.5. The molecule has 3 rings (SSSR count). The fraction of sp³-hybridized carbons (Fsp3) is 0.200. The lowest BCUT2D eigenvalue weighted by molar-refractivity contribution is -0.118. The third kappa shape index (κ3) is 3.71. The van der Waals surface area contributed by atoms with E-state index in [1.54, 1.807) is 6.07 Å². The van der Waals surface area contributed by atoms with Crippen LogP contribution in [0.4, 0.5) is 5.69 Å². The van der Waals surface area contributed by atoms with Gasteiger partial charge in [0.05, 0.1) is 0 Å². The summed E-state index contributed by atoms with van der Waals surface area (Å²) in [5, 5.41) is 3.64. The van der Waals surface area contributed by atoms with Gasteiger partial charge in [0.2, 0.25) is 0 Å². The second kappa shape index (κ2) is 6.81. The van der Waals surface area contributed by atoms with E-state index < -0.39 is 0 Å². The van der Waals surface area contributed by atoms with E-state index in [4.69, 9.17) is 9.15 Å². The standard InChI is InChI=1S/C20H19NO4/c1-12-6-4-5-7-17(12)24-11-19(22)21-16-10-15-13(2)9-20(23)25-18(15)8-14(16)3/h4-10H,11H2,1-3H3,(H,21,22). The number of carbonyl (C=O) groups is 1. The molecule has 5 nitrogen and oxygen atoms in total. The highest BCUT2D eigenvalue weighted by molar-refractivity contribution is 5.96. The highest BCUT2D eigenvalue weighted by Crippen LogP contribution is 2.25. The smallest absolute Gasteiger partial charge is 0.336 e. The number of hydrogen-bond acceptors (Lipinski definition) is 4. The summed E-state index contributed by atoms with van der Waals surface area (Å²) in [5.41, 5.74) is 3.39. The molecular weight excluding hydrogens is 318 g/mol. The maximum Gasteiger partial charge on any atom is 0.336 e. The minimum absolute atomic E-state index is 0.0782. The summed E-state index contributed by atoms with van der Waals surface area (Å²) in [7, 11) is 0. The van der Waals surface area contributed by atoms with Crippen LogP contribution in [0.1, 0.15) is 16.7 Å². The van der Waals surface area contributed by atoms with E-state index in [2.05, 4.69) is 5.32 Å². The molecule has 0 aliphatic rings. The molecule has 0 aliphatic heterocycles. The molecule has 0 spiro atoms. The first-order chi connectivity index (χ1) is 11.9. The number of anilines is 1. The Kier molecular flexibility index (Phi) is 4.57. The van der Waals surface area contributed by atoms with Crippen molar-refractivity contribution in [3.05, 3.63) is 69.6 Å². The number of ether oxygens (including phenoxy) is 1. The SMILES string of the molecule is Cc1cc2oc(=O)cc(C)c2cc1NC(=O)COc1ccccc1C. The zero-order valence-electron chi connectivity index (χ0n) is 14.4. The number of para-hydroxylation sites is 1. The maximum atomic E-state index is 12.2. The Labute approximate surface area is 145 Å². The first-order valence-electron chi connectivity index (χ1n) is 7.97. The van der Waals surface area contributed by atoms with E-state index in [0.29, 0.717) is 17.0 Å². The fourth-order valence-corrected chi connectivity index (χ4v) is 2.65. The molecule has 2 aromatic carbocycles. The summed E-state index contributed by atoms with van der Waals surface area (Å²) in [6.45, 7) is 5.53. The van der Waals surface area contributed by atoms with Crippen LogP contribution >= 0.6 is 0 Å². The number of rotatable bonds is 4. The van der Waals surface area contributed by atoms with Gasteiger partial charge >= 0.3 is 5.63 Å². The van der Waals surface area contributed by atoms with E-state index in [1.807, 2.05) is 51.1 Å². The van der Waals surface area contributed by atoms with Crippen LogP contribution in [0.25, 0.3) is 11.0 Å². The van der Waals surface area contributed by atoms with Crippen molar-refractivity contribution in [2.45, 2.75) is 20.8 Å².